The largest absolute Gasteiger partial charge is 0.357 e. The number of halogens is 1. The quantitative estimate of drug-likeness (QED) is 0.332. The third kappa shape index (κ3) is 9.17. The maximum absolute atomic E-state index is 4.67. The van der Waals surface area contributed by atoms with Gasteiger partial charge < -0.3 is 15.5 Å². The van der Waals surface area contributed by atoms with E-state index in [-0.39, 0.29) is 24.0 Å². The smallest absolute Gasteiger partial charge is 0.191 e. The zero-order chi connectivity index (χ0) is 17.2. The van der Waals surface area contributed by atoms with Crippen LogP contribution >= 0.6 is 35.3 Å². The molecule has 1 aromatic heterocycles. The van der Waals surface area contributed by atoms with Gasteiger partial charge in [-0.3, -0.25) is 0 Å². The molecule has 0 saturated heterocycles. The normalized spacial score (nSPS) is 13.1. The number of rotatable bonds is 9. The maximum atomic E-state index is 4.67. The Morgan fingerprint density at radius 3 is 2.50 bits per heavy atom. The summed E-state index contributed by atoms with van der Waals surface area (Å²) in [7, 11) is 4.28. The van der Waals surface area contributed by atoms with Crippen LogP contribution in [0.5, 0.6) is 0 Å². The van der Waals surface area contributed by atoms with Crippen LogP contribution in [0.1, 0.15) is 44.0 Å². The first-order valence-electron chi connectivity index (χ1n) is 8.58. The fraction of sp³-hybridized carbons (Fsp3) is 0.765. The molecule has 1 atom stereocenters. The first-order chi connectivity index (χ1) is 11.0. The summed E-state index contributed by atoms with van der Waals surface area (Å²) in [5, 5.41) is 7.87. The summed E-state index contributed by atoms with van der Waals surface area (Å²) >= 11 is 1.75. The number of nitrogens with zero attached hydrogens (tertiary/aromatic N) is 3. The Bertz CT molecular complexity index is 473. The van der Waals surface area contributed by atoms with Crippen molar-refractivity contribution >= 4 is 41.3 Å². The van der Waals surface area contributed by atoms with Gasteiger partial charge in [0.25, 0.3) is 0 Å². The van der Waals surface area contributed by atoms with Crippen LogP contribution in [-0.2, 0) is 13.0 Å². The molecule has 24 heavy (non-hydrogen) atoms. The van der Waals surface area contributed by atoms with E-state index in [0.29, 0.717) is 18.5 Å². The lowest BCUT2D eigenvalue weighted by molar-refractivity contribution is 0.254. The lowest BCUT2D eigenvalue weighted by Gasteiger charge is -2.27. The highest BCUT2D eigenvalue weighted by molar-refractivity contribution is 14.0. The number of likely N-dealkylation sites (N-methyl/N-ethyl adjacent to an activating group) is 1. The average molecular weight is 467 g/mol. The zero-order valence-electron chi connectivity index (χ0n) is 15.9. The second-order valence-corrected chi connectivity index (χ2v) is 7.60. The number of thiazole rings is 1. The second kappa shape index (κ2) is 12.9. The molecular weight excluding hydrogens is 433 g/mol. The summed E-state index contributed by atoms with van der Waals surface area (Å²) in [5.41, 5.74) is 0. The molecule has 0 amide bonds. The van der Waals surface area contributed by atoms with E-state index >= 15 is 0 Å². The fourth-order valence-corrected chi connectivity index (χ4v) is 3.10. The summed E-state index contributed by atoms with van der Waals surface area (Å²) in [5.74, 6) is 1.56. The molecule has 2 N–H and O–H groups in total. The van der Waals surface area contributed by atoms with E-state index in [9.17, 15) is 0 Å². The number of nitrogens with one attached hydrogen (secondary N) is 2. The number of aliphatic imine (C=N–C) groups is 1. The van der Waals surface area contributed by atoms with Crippen molar-refractivity contribution in [3.63, 3.8) is 0 Å². The molecule has 1 aromatic rings. The van der Waals surface area contributed by atoms with Crippen LogP contribution in [-0.4, -0.2) is 49.1 Å². The first-order valence-corrected chi connectivity index (χ1v) is 9.40. The number of hydrogen-bond donors (Lipinski definition) is 2. The van der Waals surface area contributed by atoms with E-state index in [4.69, 9.17) is 0 Å². The number of aryl methyl sites for hydroxylation is 1. The summed E-state index contributed by atoms with van der Waals surface area (Å²) in [6, 6.07) is 0.505. The molecule has 1 heterocycles. The number of hydrogen-bond acceptors (Lipinski definition) is 4. The lowest BCUT2D eigenvalue weighted by Crippen LogP contribution is -2.45. The molecule has 0 aromatic carbocycles. The molecule has 5 nitrogen and oxygen atoms in total. The van der Waals surface area contributed by atoms with Gasteiger partial charge in [0.15, 0.2) is 5.96 Å². The molecule has 140 valence electrons. The topological polar surface area (TPSA) is 52.6 Å². The van der Waals surface area contributed by atoms with Gasteiger partial charge in [0, 0.05) is 30.2 Å². The molecule has 0 aliphatic rings. The van der Waals surface area contributed by atoms with Crippen LogP contribution in [0.2, 0.25) is 0 Å². The molecular formula is C17H34IN5S. The highest BCUT2D eigenvalue weighted by atomic mass is 127. The van der Waals surface area contributed by atoms with Crippen LogP contribution < -0.4 is 10.6 Å². The Morgan fingerprint density at radius 1 is 1.29 bits per heavy atom. The van der Waals surface area contributed by atoms with Crippen LogP contribution in [0.15, 0.2) is 11.2 Å². The first kappa shape index (κ1) is 23.6. The Kier molecular flexibility index (Phi) is 12.7. The van der Waals surface area contributed by atoms with E-state index in [1.54, 1.807) is 11.3 Å². The van der Waals surface area contributed by atoms with Crippen molar-refractivity contribution in [1.29, 1.82) is 0 Å². The van der Waals surface area contributed by atoms with Crippen LogP contribution in [0.3, 0.4) is 0 Å². The molecule has 0 aliphatic heterocycles. The minimum Gasteiger partial charge on any atom is -0.357 e. The van der Waals surface area contributed by atoms with Gasteiger partial charge in [-0.2, -0.15) is 0 Å². The van der Waals surface area contributed by atoms with E-state index < -0.39 is 0 Å². The highest BCUT2D eigenvalue weighted by Gasteiger charge is 2.13. The molecule has 0 bridgehead atoms. The molecule has 7 heteroatoms. The summed E-state index contributed by atoms with van der Waals surface area (Å²) in [6.07, 6.45) is 4.17. The van der Waals surface area contributed by atoms with Gasteiger partial charge in [0.1, 0.15) is 5.01 Å². The molecule has 0 spiro atoms. The van der Waals surface area contributed by atoms with Gasteiger partial charge in [-0.1, -0.05) is 20.8 Å². The van der Waals surface area contributed by atoms with Crippen molar-refractivity contribution in [3.05, 3.63) is 16.1 Å². The van der Waals surface area contributed by atoms with E-state index in [2.05, 4.69) is 67.3 Å². The van der Waals surface area contributed by atoms with E-state index in [1.807, 2.05) is 6.20 Å². The Balaban J connectivity index is 0.00000529. The molecule has 0 radical (unpaired) electrons. The third-order valence-electron chi connectivity index (χ3n) is 3.65. The summed E-state index contributed by atoms with van der Waals surface area (Å²) < 4.78 is 0. The predicted molar refractivity (Wildman–Crippen MR) is 117 cm³/mol. The van der Waals surface area contributed by atoms with Crippen LogP contribution in [0, 0.1) is 5.92 Å². The van der Waals surface area contributed by atoms with Crippen molar-refractivity contribution in [2.45, 2.75) is 53.1 Å². The Hall–Kier alpha value is -0.410. The van der Waals surface area contributed by atoms with Crippen LogP contribution in [0.4, 0.5) is 0 Å². The fourth-order valence-electron chi connectivity index (χ4n) is 2.31. The van der Waals surface area contributed by atoms with E-state index in [0.717, 1.165) is 30.5 Å². The highest BCUT2D eigenvalue weighted by Crippen LogP contribution is 2.14. The molecule has 0 fully saturated rings. The minimum atomic E-state index is 0. The number of aromatic nitrogens is 1. The predicted octanol–water partition coefficient (Wildman–Crippen LogP) is 3.35. The van der Waals surface area contributed by atoms with Gasteiger partial charge in [0.05, 0.1) is 6.54 Å². The van der Waals surface area contributed by atoms with Crippen LogP contribution in [0.25, 0.3) is 0 Å². The third-order valence-corrected chi connectivity index (χ3v) is 4.77. The van der Waals surface area contributed by atoms with Gasteiger partial charge >= 0.3 is 0 Å². The van der Waals surface area contributed by atoms with Crippen molar-refractivity contribution in [1.82, 2.24) is 20.5 Å². The van der Waals surface area contributed by atoms with Crippen molar-refractivity contribution in [2.24, 2.45) is 10.9 Å². The van der Waals surface area contributed by atoms with Crippen molar-refractivity contribution in [2.75, 3.05) is 27.2 Å². The molecule has 0 aliphatic carbocycles. The average Bonchev–Trinajstić information content (AvgIpc) is 2.96. The van der Waals surface area contributed by atoms with Gasteiger partial charge in [0.2, 0.25) is 0 Å². The Labute approximate surface area is 168 Å². The van der Waals surface area contributed by atoms with E-state index in [1.165, 1.54) is 11.3 Å². The monoisotopic (exact) mass is 467 g/mol. The minimum absolute atomic E-state index is 0. The van der Waals surface area contributed by atoms with Crippen molar-refractivity contribution in [3.8, 4) is 0 Å². The standard InChI is InChI=1S/C17H33N5S.HI/c1-7-15-11-19-16(23-15)12-21-17(18-8-2)20-10-14(22(5)6)9-13(3)4;/h11,13-14H,7-10,12H2,1-6H3,(H2,18,20,21);1H. The van der Waals surface area contributed by atoms with Crippen molar-refractivity contribution < 1.29 is 0 Å². The molecule has 1 unspecified atom stereocenters. The van der Waals surface area contributed by atoms with Gasteiger partial charge in [-0.15, -0.1) is 35.3 Å². The molecule has 0 saturated carbocycles. The van der Waals surface area contributed by atoms with Gasteiger partial charge in [-0.25, -0.2) is 9.98 Å². The maximum Gasteiger partial charge on any atom is 0.191 e. The number of guanidine groups is 1. The SMILES string of the molecule is CCNC(=NCc1ncc(CC)s1)NCC(CC(C)C)N(C)C.I. The molecule has 1 rings (SSSR count). The van der Waals surface area contributed by atoms with Gasteiger partial charge in [-0.05, 0) is 39.8 Å². The summed E-state index contributed by atoms with van der Waals surface area (Å²) in [6.45, 7) is 11.2. The lowest BCUT2D eigenvalue weighted by atomic mass is 10.0. The zero-order valence-corrected chi connectivity index (χ0v) is 19.1. The second-order valence-electron chi connectivity index (χ2n) is 6.40. The Morgan fingerprint density at radius 2 is 2.00 bits per heavy atom. The summed E-state index contributed by atoms with van der Waals surface area (Å²) in [4.78, 5) is 12.7.